The van der Waals surface area contributed by atoms with Crippen molar-refractivity contribution in [2.45, 2.75) is 38.3 Å². The van der Waals surface area contributed by atoms with Crippen LogP contribution in [0.3, 0.4) is 0 Å². The Morgan fingerprint density at radius 2 is 2.19 bits per heavy atom. The van der Waals surface area contributed by atoms with Gasteiger partial charge in [0.05, 0.1) is 5.52 Å². The van der Waals surface area contributed by atoms with E-state index in [1.807, 2.05) is 6.07 Å². The van der Waals surface area contributed by atoms with Gasteiger partial charge in [-0.1, -0.05) is 12.5 Å². The highest BCUT2D eigenvalue weighted by Crippen LogP contribution is 2.25. The van der Waals surface area contributed by atoms with Crippen LogP contribution in [-0.2, 0) is 6.54 Å². The van der Waals surface area contributed by atoms with Crippen molar-refractivity contribution in [3.63, 3.8) is 0 Å². The average Bonchev–Trinajstić information content (AvgIpc) is 2.52. The number of pyridine rings is 1. The van der Waals surface area contributed by atoms with Crippen LogP contribution in [0, 0.1) is 5.82 Å². The minimum Gasteiger partial charge on any atom is -0.396 e. The number of likely N-dealkylation sites (tertiary alicyclic amines) is 1. The van der Waals surface area contributed by atoms with E-state index in [0.717, 1.165) is 37.0 Å². The maximum atomic E-state index is 13.9. The molecular formula is C17H21FN2O. The van der Waals surface area contributed by atoms with Crippen molar-refractivity contribution < 1.29 is 9.50 Å². The van der Waals surface area contributed by atoms with Gasteiger partial charge < -0.3 is 5.11 Å². The van der Waals surface area contributed by atoms with Crippen LogP contribution in [0.2, 0.25) is 0 Å². The molecular weight excluding hydrogens is 267 g/mol. The summed E-state index contributed by atoms with van der Waals surface area (Å²) in [4.78, 5) is 6.77. The van der Waals surface area contributed by atoms with E-state index in [1.165, 1.54) is 18.9 Å². The molecule has 1 fully saturated rings. The minimum absolute atomic E-state index is 0.215. The van der Waals surface area contributed by atoms with Crippen molar-refractivity contribution in [1.82, 2.24) is 9.88 Å². The highest BCUT2D eigenvalue weighted by atomic mass is 19.1. The standard InChI is InChI=1S/C17H21FN2O/c18-16-7-6-13(17-15(16)5-3-9-19-17)12-20-10-2-1-4-14(20)8-11-21/h3,5-7,9,14,21H,1-2,4,8,10-12H2. The lowest BCUT2D eigenvalue weighted by molar-refractivity contribution is 0.113. The van der Waals surface area contributed by atoms with Crippen LogP contribution in [0.5, 0.6) is 0 Å². The molecule has 1 N–H and O–H groups in total. The molecule has 1 unspecified atom stereocenters. The van der Waals surface area contributed by atoms with Gasteiger partial charge >= 0.3 is 0 Å². The number of hydrogen-bond acceptors (Lipinski definition) is 3. The summed E-state index contributed by atoms with van der Waals surface area (Å²) in [5, 5.41) is 9.81. The molecule has 4 heteroatoms. The number of nitrogens with zero attached hydrogens (tertiary/aromatic N) is 2. The fraction of sp³-hybridized carbons (Fsp3) is 0.471. The molecule has 0 saturated carbocycles. The normalized spacial score (nSPS) is 20.0. The summed E-state index contributed by atoms with van der Waals surface area (Å²) in [7, 11) is 0. The van der Waals surface area contributed by atoms with Crippen LogP contribution >= 0.6 is 0 Å². The number of hydrogen-bond donors (Lipinski definition) is 1. The summed E-state index contributed by atoms with van der Waals surface area (Å²) < 4.78 is 13.9. The Balaban J connectivity index is 1.88. The fourth-order valence-corrected chi connectivity index (χ4v) is 3.29. The Kier molecular flexibility index (Phi) is 4.46. The van der Waals surface area contributed by atoms with Gasteiger partial charge in [0.15, 0.2) is 0 Å². The van der Waals surface area contributed by atoms with Crippen molar-refractivity contribution >= 4 is 10.9 Å². The highest BCUT2D eigenvalue weighted by molar-refractivity contribution is 5.82. The molecule has 0 radical (unpaired) electrons. The van der Waals surface area contributed by atoms with Crippen LogP contribution in [0.1, 0.15) is 31.2 Å². The highest BCUT2D eigenvalue weighted by Gasteiger charge is 2.22. The van der Waals surface area contributed by atoms with Crippen molar-refractivity contribution in [2.75, 3.05) is 13.2 Å². The molecule has 3 nitrogen and oxygen atoms in total. The van der Waals surface area contributed by atoms with Crippen LogP contribution in [0.15, 0.2) is 30.5 Å². The zero-order valence-corrected chi connectivity index (χ0v) is 12.1. The van der Waals surface area contributed by atoms with Crippen molar-refractivity contribution in [3.8, 4) is 0 Å². The second-order valence-corrected chi connectivity index (χ2v) is 5.74. The first-order chi connectivity index (χ1) is 10.3. The van der Waals surface area contributed by atoms with E-state index in [-0.39, 0.29) is 12.4 Å². The van der Waals surface area contributed by atoms with Crippen LogP contribution in [0.4, 0.5) is 4.39 Å². The zero-order valence-electron chi connectivity index (χ0n) is 12.1. The first kappa shape index (κ1) is 14.4. The number of halogens is 1. The number of aliphatic hydroxyl groups is 1. The smallest absolute Gasteiger partial charge is 0.132 e. The Morgan fingerprint density at radius 3 is 3.05 bits per heavy atom. The lowest BCUT2D eigenvalue weighted by Crippen LogP contribution is -2.39. The second kappa shape index (κ2) is 6.50. The molecule has 112 valence electrons. The number of aliphatic hydroxyl groups excluding tert-OH is 1. The largest absolute Gasteiger partial charge is 0.396 e. The van der Waals surface area contributed by atoms with E-state index in [1.54, 1.807) is 18.3 Å². The summed E-state index contributed by atoms with van der Waals surface area (Å²) in [6.45, 7) is 2.04. The molecule has 0 amide bonds. The topological polar surface area (TPSA) is 36.4 Å². The van der Waals surface area contributed by atoms with Gasteiger partial charge in [-0.3, -0.25) is 9.88 Å². The van der Waals surface area contributed by atoms with E-state index in [9.17, 15) is 9.50 Å². The summed E-state index contributed by atoms with van der Waals surface area (Å²) in [5.74, 6) is -0.215. The van der Waals surface area contributed by atoms with Crippen LogP contribution in [-0.4, -0.2) is 34.2 Å². The predicted octanol–water partition coefficient (Wildman–Crippen LogP) is 3.11. The van der Waals surface area contributed by atoms with Crippen LogP contribution in [0.25, 0.3) is 10.9 Å². The number of fused-ring (bicyclic) bond motifs is 1. The lowest BCUT2D eigenvalue weighted by Gasteiger charge is -2.35. The molecule has 1 aliphatic heterocycles. The Hall–Kier alpha value is -1.52. The molecule has 0 bridgehead atoms. The van der Waals surface area contributed by atoms with Gasteiger partial charge in [-0.25, -0.2) is 4.39 Å². The minimum atomic E-state index is -0.215. The average molecular weight is 288 g/mol. The third kappa shape index (κ3) is 3.06. The maximum Gasteiger partial charge on any atom is 0.132 e. The van der Waals surface area contributed by atoms with E-state index < -0.39 is 0 Å². The van der Waals surface area contributed by atoms with Gasteiger partial charge in [0.25, 0.3) is 0 Å². The molecule has 1 aromatic heterocycles. The number of aromatic nitrogens is 1. The number of rotatable bonds is 4. The summed E-state index contributed by atoms with van der Waals surface area (Å²) in [6.07, 6.45) is 6.07. The van der Waals surface area contributed by atoms with Crippen molar-refractivity contribution in [2.24, 2.45) is 0 Å². The van der Waals surface area contributed by atoms with E-state index in [2.05, 4.69) is 9.88 Å². The zero-order chi connectivity index (χ0) is 14.7. The van der Waals surface area contributed by atoms with Gasteiger partial charge in [-0.2, -0.15) is 0 Å². The number of benzene rings is 1. The molecule has 0 spiro atoms. The molecule has 1 atom stereocenters. The predicted molar refractivity (Wildman–Crippen MR) is 81.5 cm³/mol. The Bertz CT molecular complexity index is 615. The molecule has 1 aliphatic rings. The molecule has 1 saturated heterocycles. The van der Waals surface area contributed by atoms with Gasteiger partial charge in [-0.05, 0) is 49.6 Å². The summed E-state index contributed by atoms with van der Waals surface area (Å²) in [5.41, 5.74) is 1.82. The fourth-order valence-electron chi connectivity index (χ4n) is 3.29. The van der Waals surface area contributed by atoms with E-state index in [0.29, 0.717) is 11.4 Å². The van der Waals surface area contributed by atoms with Gasteiger partial charge in [0, 0.05) is 30.8 Å². The summed E-state index contributed by atoms with van der Waals surface area (Å²) in [6, 6.07) is 7.35. The maximum absolute atomic E-state index is 13.9. The molecule has 2 aromatic rings. The Morgan fingerprint density at radius 1 is 1.29 bits per heavy atom. The van der Waals surface area contributed by atoms with Gasteiger partial charge in [-0.15, -0.1) is 0 Å². The molecule has 2 heterocycles. The third-order valence-corrected chi connectivity index (χ3v) is 4.38. The first-order valence-electron chi connectivity index (χ1n) is 7.66. The molecule has 21 heavy (non-hydrogen) atoms. The first-order valence-corrected chi connectivity index (χ1v) is 7.66. The monoisotopic (exact) mass is 288 g/mol. The molecule has 1 aromatic carbocycles. The van der Waals surface area contributed by atoms with Gasteiger partial charge in [0.1, 0.15) is 5.82 Å². The van der Waals surface area contributed by atoms with Crippen molar-refractivity contribution in [1.29, 1.82) is 0 Å². The van der Waals surface area contributed by atoms with Crippen LogP contribution < -0.4 is 0 Å². The SMILES string of the molecule is OCCC1CCCCN1Cc1ccc(F)c2cccnc12. The second-order valence-electron chi connectivity index (χ2n) is 5.74. The summed E-state index contributed by atoms with van der Waals surface area (Å²) >= 11 is 0. The lowest BCUT2D eigenvalue weighted by atomic mass is 9.98. The molecule has 3 rings (SSSR count). The van der Waals surface area contributed by atoms with E-state index in [4.69, 9.17) is 0 Å². The number of piperidine rings is 1. The quantitative estimate of drug-likeness (QED) is 0.939. The molecule has 0 aliphatic carbocycles. The third-order valence-electron chi connectivity index (χ3n) is 4.38. The van der Waals surface area contributed by atoms with E-state index >= 15 is 0 Å². The van der Waals surface area contributed by atoms with Crippen molar-refractivity contribution in [3.05, 3.63) is 41.8 Å². The van der Waals surface area contributed by atoms with Gasteiger partial charge in [0.2, 0.25) is 0 Å². The Labute approximate surface area is 124 Å².